The van der Waals surface area contributed by atoms with Gasteiger partial charge in [0.15, 0.2) is 5.96 Å². The average molecular weight is 319 g/mol. The molecule has 0 amide bonds. The molecule has 0 bridgehead atoms. The van der Waals surface area contributed by atoms with E-state index < -0.39 is 0 Å². The molecule has 23 heavy (non-hydrogen) atoms. The number of hydrogen-bond donors (Lipinski definition) is 2. The van der Waals surface area contributed by atoms with E-state index in [9.17, 15) is 0 Å². The maximum absolute atomic E-state index is 4.77. The lowest BCUT2D eigenvalue weighted by molar-refractivity contribution is 0.295. The molecule has 0 heterocycles. The summed E-state index contributed by atoms with van der Waals surface area (Å²) in [6.07, 6.45) is 1.09. The lowest BCUT2D eigenvalue weighted by atomic mass is 10.1. The Kier molecular flexibility index (Phi) is 9.37. The summed E-state index contributed by atoms with van der Waals surface area (Å²) in [7, 11) is 0. The first-order chi connectivity index (χ1) is 11.1. The van der Waals surface area contributed by atoms with Crippen LogP contribution in [0.4, 0.5) is 0 Å². The van der Waals surface area contributed by atoms with Gasteiger partial charge >= 0.3 is 0 Å². The van der Waals surface area contributed by atoms with Crippen LogP contribution in [0.5, 0.6) is 0 Å². The molecule has 1 aromatic rings. The molecule has 2 N–H and O–H groups in total. The molecule has 1 rings (SSSR count). The molecule has 1 aromatic carbocycles. The maximum atomic E-state index is 4.77. The fourth-order valence-corrected chi connectivity index (χ4v) is 2.37. The molecular weight excluding hydrogens is 284 g/mol. The summed E-state index contributed by atoms with van der Waals surface area (Å²) in [5, 5.41) is 6.78. The van der Waals surface area contributed by atoms with Gasteiger partial charge in [-0.3, -0.25) is 4.90 Å². The Labute approximate surface area is 142 Å². The van der Waals surface area contributed by atoms with E-state index in [2.05, 4.69) is 74.4 Å². The van der Waals surface area contributed by atoms with Crippen LogP contribution in [0.25, 0.3) is 0 Å². The summed E-state index contributed by atoms with van der Waals surface area (Å²) in [6, 6.07) is 9.06. The molecule has 0 saturated heterocycles. The van der Waals surface area contributed by atoms with Gasteiger partial charge in [-0.1, -0.05) is 45.0 Å². The highest BCUT2D eigenvalue weighted by Crippen LogP contribution is 2.13. The lowest BCUT2D eigenvalue weighted by Crippen LogP contribution is -2.41. The molecule has 0 fully saturated rings. The first kappa shape index (κ1) is 19.5. The van der Waals surface area contributed by atoms with Crippen LogP contribution in [0.1, 0.15) is 52.2 Å². The minimum absolute atomic E-state index is 0.429. The monoisotopic (exact) mass is 318 g/mol. The molecule has 0 saturated carbocycles. The van der Waals surface area contributed by atoms with Gasteiger partial charge in [-0.25, -0.2) is 4.99 Å². The third-order valence-electron chi connectivity index (χ3n) is 4.15. The van der Waals surface area contributed by atoms with Crippen molar-refractivity contribution in [1.29, 1.82) is 0 Å². The molecule has 130 valence electrons. The van der Waals surface area contributed by atoms with Gasteiger partial charge in [0, 0.05) is 19.1 Å². The molecule has 1 unspecified atom stereocenters. The molecule has 1 atom stereocenters. The van der Waals surface area contributed by atoms with Crippen LogP contribution in [-0.2, 0) is 13.1 Å². The van der Waals surface area contributed by atoms with Crippen LogP contribution in [0, 0.1) is 0 Å². The summed E-state index contributed by atoms with van der Waals surface area (Å²) in [5.74, 6) is 0.902. The van der Waals surface area contributed by atoms with Crippen LogP contribution in [0.15, 0.2) is 29.3 Å². The third-order valence-corrected chi connectivity index (χ3v) is 4.15. The normalized spacial score (nSPS) is 13.2. The van der Waals surface area contributed by atoms with Crippen molar-refractivity contribution < 1.29 is 0 Å². The van der Waals surface area contributed by atoms with Crippen molar-refractivity contribution in [2.75, 3.05) is 19.6 Å². The van der Waals surface area contributed by atoms with Crippen molar-refractivity contribution >= 4 is 5.96 Å². The largest absolute Gasteiger partial charge is 0.357 e. The minimum Gasteiger partial charge on any atom is -0.357 e. The van der Waals surface area contributed by atoms with E-state index in [0.717, 1.165) is 38.6 Å². The topological polar surface area (TPSA) is 39.7 Å². The third kappa shape index (κ3) is 7.04. The summed E-state index contributed by atoms with van der Waals surface area (Å²) >= 11 is 0. The molecule has 0 aliphatic rings. The number of nitrogens with one attached hydrogen (secondary N) is 2. The van der Waals surface area contributed by atoms with Gasteiger partial charge in [-0.15, -0.1) is 0 Å². The highest BCUT2D eigenvalue weighted by atomic mass is 15.2. The van der Waals surface area contributed by atoms with Crippen molar-refractivity contribution in [3.63, 3.8) is 0 Å². The number of guanidine groups is 1. The van der Waals surface area contributed by atoms with E-state index >= 15 is 0 Å². The van der Waals surface area contributed by atoms with E-state index in [1.54, 1.807) is 0 Å². The molecule has 0 aliphatic heterocycles. The fraction of sp³-hybridized carbons (Fsp3) is 0.632. The second kappa shape index (κ2) is 11.1. The zero-order valence-electron chi connectivity index (χ0n) is 15.5. The molecule has 0 radical (unpaired) electrons. The predicted octanol–water partition coefficient (Wildman–Crippen LogP) is 3.38. The number of nitrogens with zero attached hydrogens (tertiary/aromatic N) is 2. The van der Waals surface area contributed by atoms with E-state index in [1.807, 2.05) is 0 Å². The van der Waals surface area contributed by atoms with Gasteiger partial charge in [0.05, 0.1) is 6.54 Å². The SMILES string of the molecule is CCNC(=NCc1ccccc1CN(CC)CC)NC(C)CC. The number of aliphatic imine (C=N–C) groups is 1. The van der Waals surface area contributed by atoms with Crippen LogP contribution < -0.4 is 10.6 Å². The van der Waals surface area contributed by atoms with Gasteiger partial charge in [0.25, 0.3) is 0 Å². The summed E-state index contributed by atoms with van der Waals surface area (Å²) < 4.78 is 0. The fourth-order valence-electron chi connectivity index (χ4n) is 2.37. The molecule has 0 aromatic heterocycles. The van der Waals surface area contributed by atoms with Gasteiger partial charge in [-0.05, 0) is 44.5 Å². The quantitative estimate of drug-likeness (QED) is 0.541. The van der Waals surface area contributed by atoms with E-state index in [0.29, 0.717) is 12.6 Å². The van der Waals surface area contributed by atoms with Gasteiger partial charge in [-0.2, -0.15) is 0 Å². The van der Waals surface area contributed by atoms with Crippen molar-refractivity contribution in [2.24, 2.45) is 4.99 Å². The second-order valence-electron chi connectivity index (χ2n) is 5.88. The predicted molar refractivity (Wildman–Crippen MR) is 101 cm³/mol. The summed E-state index contributed by atoms with van der Waals surface area (Å²) in [5.41, 5.74) is 2.68. The lowest BCUT2D eigenvalue weighted by Gasteiger charge is -2.20. The highest BCUT2D eigenvalue weighted by Gasteiger charge is 2.07. The number of rotatable bonds is 9. The minimum atomic E-state index is 0.429. The van der Waals surface area contributed by atoms with Crippen molar-refractivity contribution in [1.82, 2.24) is 15.5 Å². The molecule has 0 spiro atoms. The highest BCUT2D eigenvalue weighted by molar-refractivity contribution is 5.80. The van der Waals surface area contributed by atoms with Crippen LogP contribution in [0.2, 0.25) is 0 Å². The zero-order valence-corrected chi connectivity index (χ0v) is 15.5. The van der Waals surface area contributed by atoms with E-state index in [4.69, 9.17) is 4.99 Å². The van der Waals surface area contributed by atoms with Crippen LogP contribution >= 0.6 is 0 Å². The molecular formula is C19H34N4. The Hall–Kier alpha value is -1.55. The maximum Gasteiger partial charge on any atom is 0.191 e. The second-order valence-corrected chi connectivity index (χ2v) is 5.88. The van der Waals surface area contributed by atoms with E-state index in [-0.39, 0.29) is 0 Å². The van der Waals surface area contributed by atoms with Crippen LogP contribution in [-0.4, -0.2) is 36.5 Å². The summed E-state index contributed by atoms with van der Waals surface area (Å²) in [4.78, 5) is 7.20. The number of benzene rings is 1. The van der Waals surface area contributed by atoms with Crippen molar-refractivity contribution in [2.45, 2.75) is 60.2 Å². The van der Waals surface area contributed by atoms with Crippen molar-refractivity contribution in [3.05, 3.63) is 35.4 Å². The molecule has 4 heteroatoms. The zero-order chi connectivity index (χ0) is 17.1. The first-order valence-electron chi connectivity index (χ1n) is 8.98. The van der Waals surface area contributed by atoms with Crippen molar-refractivity contribution in [3.8, 4) is 0 Å². The Morgan fingerprint density at radius 2 is 1.74 bits per heavy atom. The van der Waals surface area contributed by atoms with Crippen LogP contribution in [0.3, 0.4) is 0 Å². The Bertz CT molecular complexity index is 466. The van der Waals surface area contributed by atoms with E-state index in [1.165, 1.54) is 11.1 Å². The summed E-state index contributed by atoms with van der Waals surface area (Å²) in [6.45, 7) is 15.6. The van der Waals surface area contributed by atoms with Gasteiger partial charge < -0.3 is 10.6 Å². The van der Waals surface area contributed by atoms with Gasteiger partial charge in [0.2, 0.25) is 0 Å². The Morgan fingerprint density at radius 3 is 2.30 bits per heavy atom. The smallest absolute Gasteiger partial charge is 0.191 e. The first-order valence-corrected chi connectivity index (χ1v) is 8.98. The average Bonchev–Trinajstić information content (AvgIpc) is 2.58. The number of hydrogen-bond acceptors (Lipinski definition) is 2. The molecule has 0 aliphatic carbocycles. The standard InChI is InChI=1S/C19H34N4/c1-6-16(5)22-19(20-7-2)21-14-17-12-10-11-13-18(17)15-23(8-3)9-4/h10-13,16H,6-9,14-15H2,1-5H3,(H2,20,21,22). The van der Waals surface area contributed by atoms with Gasteiger partial charge in [0.1, 0.15) is 0 Å². The Morgan fingerprint density at radius 1 is 1.09 bits per heavy atom. The Balaban J connectivity index is 2.83. The molecule has 4 nitrogen and oxygen atoms in total.